The molecule has 2 aromatic rings. The van der Waals surface area contributed by atoms with Crippen molar-refractivity contribution in [3.8, 4) is 5.69 Å². The van der Waals surface area contributed by atoms with E-state index in [0.29, 0.717) is 22.4 Å². The average molecular weight is 288 g/mol. The minimum atomic E-state index is -0.450. The summed E-state index contributed by atoms with van der Waals surface area (Å²) in [5.74, 6) is 0. The molecule has 1 N–H and O–H groups in total. The van der Waals surface area contributed by atoms with Crippen LogP contribution in [-0.4, -0.2) is 21.2 Å². The van der Waals surface area contributed by atoms with Crippen LogP contribution in [0.15, 0.2) is 35.3 Å². The molecule has 0 amide bonds. The number of nitro benzene ring substituents is 1. The van der Waals surface area contributed by atoms with Gasteiger partial charge < -0.3 is 5.11 Å². The van der Waals surface area contributed by atoms with Crippen LogP contribution < -0.4 is 5.56 Å². The highest BCUT2D eigenvalue weighted by molar-refractivity contribution is 5.54. The van der Waals surface area contributed by atoms with Crippen LogP contribution in [0, 0.1) is 24.0 Å². The lowest BCUT2D eigenvalue weighted by Gasteiger charge is -2.13. The predicted molar refractivity (Wildman–Crippen MR) is 79.0 cm³/mol. The van der Waals surface area contributed by atoms with Crippen LogP contribution in [0.25, 0.3) is 5.69 Å². The van der Waals surface area contributed by atoms with Gasteiger partial charge in [0.2, 0.25) is 0 Å². The zero-order chi connectivity index (χ0) is 15.6. The Morgan fingerprint density at radius 1 is 1.29 bits per heavy atom. The quantitative estimate of drug-likeness (QED) is 0.687. The summed E-state index contributed by atoms with van der Waals surface area (Å²) in [5.41, 5.74) is 2.26. The van der Waals surface area contributed by atoms with Crippen LogP contribution in [-0.2, 0) is 6.42 Å². The molecular weight excluding hydrogens is 272 g/mol. The Labute approximate surface area is 121 Å². The molecule has 0 aliphatic rings. The molecule has 21 heavy (non-hydrogen) atoms. The molecular formula is C15H16N2O4. The highest BCUT2D eigenvalue weighted by atomic mass is 16.6. The summed E-state index contributed by atoms with van der Waals surface area (Å²) in [5, 5.41) is 19.9. The number of nitro groups is 1. The van der Waals surface area contributed by atoms with Gasteiger partial charge in [0.05, 0.1) is 10.6 Å². The second-order valence-corrected chi connectivity index (χ2v) is 4.87. The predicted octanol–water partition coefficient (Wildman–Crippen LogP) is 1.90. The molecule has 0 aliphatic carbocycles. The second kappa shape index (κ2) is 5.88. The van der Waals surface area contributed by atoms with Gasteiger partial charge in [-0.15, -0.1) is 0 Å². The van der Waals surface area contributed by atoms with E-state index in [1.165, 1.54) is 16.7 Å². The van der Waals surface area contributed by atoms with Gasteiger partial charge >= 0.3 is 0 Å². The largest absolute Gasteiger partial charge is 0.396 e. The topological polar surface area (TPSA) is 85.4 Å². The Morgan fingerprint density at radius 3 is 2.43 bits per heavy atom. The normalized spacial score (nSPS) is 10.6. The number of hydrogen-bond donors (Lipinski definition) is 1. The summed E-state index contributed by atoms with van der Waals surface area (Å²) < 4.78 is 1.47. The fourth-order valence-electron chi connectivity index (χ4n) is 2.44. The first-order valence-corrected chi connectivity index (χ1v) is 6.53. The summed E-state index contributed by atoms with van der Waals surface area (Å²) in [4.78, 5) is 22.8. The van der Waals surface area contributed by atoms with Gasteiger partial charge in [0.25, 0.3) is 11.2 Å². The maximum atomic E-state index is 12.4. The number of aliphatic hydroxyl groups excluding tert-OH is 1. The summed E-state index contributed by atoms with van der Waals surface area (Å²) >= 11 is 0. The van der Waals surface area contributed by atoms with Gasteiger partial charge in [0, 0.05) is 36.9 Å². The van der Waals surface area contributed by atoms with E-state index in [0.717, 1.165) is 0 Å². The third kappa shape index (κ3) is 2.85. The van der Waals surface area contributed by atoms with E-state index in [1.54, 1.807) is 32.2 Å². The Balaban J connectivity index is 2.65. The van der Waals surface area contributed by atoms with Crippen LogP contribution >= 0.6 is 0 Å². The highest BCUT2D eigenvalue weighted by Crippen LogP contribution is 2.24. The molecule has 0 aliphatic heterocycles. The summed E-state index contributed by atoms with van der Waals surface area (Å²) in [6, 6.07) is 6.30. The molecule has 0 fully saturated rings. The number of nitrogens with zero attached hydrogens (tertiary/aromatic N) is 2. The van der Waals surface area contributed by atoms with Gasteiger partial charge in [-0.3, -0.25) is 19.5 Å². The fraction of sp³-hybridized carbons (Fsp3) is 0.267. The number of non-ortho nitro benzene ring substituents is 1. The van der Waals surface area contributed by atoms with Gasteiger partial charge in [0.1, 0.15) is 0 Å². The molecule has 1 aromatic carbocycles. The third-order valence-electron chi connectivity index (χ3n) is 3.33. The Bertz CT molecular complexity index is 727. The lowest BCUT2D eigenvalue weighted by atomic mass is 10.1. The van der Waals surface area contributed by atoms with Crippen molar-refractivity contribution in [1.29, 1.82) is 0 Å². The molecule has 0 bridgehead atoms. The molecule has 1 heterocycles. The SMILES string of the molecule is Cc1cc([N+](=O)[O-])cc(C)c1-n1cccc(CCO)c1=O. The standard InChI is InChI=1S/C15H16N2O4/c1-10-8-13(17(20)21)9-11(2)14(10)16-6-3-4-12(5-7-18)15(16)19/h3-4,6,8-9,18H,5,7H2,1-2H3. The van der Waals surface area contributed by atoms with Crippen molar-refractivity contribution >= 4 is 5.69 Å². The molecule has 0 radical (unpaired) electrons. The van der Waals surface area contributed by atoms with Crippen molar-refractivity contribution in [1.82, 2.24) is 4.57 Å². The molecule has 0 unspecified atom stereocenters. The van der Waals surface area contributed by atoms with Crippen LogP contribution in [0.3, 0.4) is 0 Å². The molecule has 6 nitrogen and oxygen atoms in total. The van der Waals surface area contributed by atoms with Gasteiger partial charge in [-0.25, -0.2) is 0 Å². The van der Waals surface area contributed by atoms with Crippen LogP contribution in [0.5, 0.6) is 0 Å². The number of aryl methyl sites for hydroxylation is 2. The first-order valence-electron chi connectivity index (χ1n) is 6.53. The van der Waals surface area contributed by atoms with Crippen molar-refractivity contribution in [2.45, 2.75) is 20.3 Å². The number of rotatable bonds is 4. The van der Waals surface area contributed by atoms with E-state index in [2.05, 4.69) is 0 Å². The van der Waals surface area contributed by atoms with E-state index >= 15 is 0 Å². The third-order valence-corrected chi connectivity index (χ3v) is 3.33. The number of hydrogen-bond acceptors (Lipinski definition) is 4. The highest BCUT2D eigenvalue weighted by Gasteiger charge is 2.15. The summed E-state index contributed by atoms with van der Waals surface area (Å²) in [6.07, 6.45) is 1.91. The Kier molecular flexibility index (Phi) is 4.18. The monoisotopic (exact) mass is 288 g/mol. The van der Waals surface area contributed by atoms with Gasteiger partial charge in [-0.2, -0.15) is 0 Å². The van der Waals surface area contributed by atoms with Gasteiger partial charge in [0.15, 0.2) is 0 Å². The molecule has 0 saturated carbocycles. The number of aromatic nitrogens is 1. The zero-order valence-corrected chi connectivity index (χ0v) is 11.9. The van der Waals surface area contributed by atoms with Crippen molar-refractivity contribution in [2.24, 2.45) is 0 Å². The molecule has 6 heteroatoms. The van der Waals surface area contributed by atoms with E-state index in [4.69, 9.17) is 5.11 Å². The lowest BCUT2D eigenvalue weighted by Crippen LogP contribution is -2.23. The van der Waals surface area contributed by atoms with Gasteiger partial charge in [-0.1, -0.05) is 6.07 Å². The molecule has 0 spiro atoms. The average Bonchev–Trinajstić information content (AvgIpc) is 2.42. The van der Waals surface area contributed by atoms with Crippen LogP contribution in [0.2, 0.25) is 0 Å². The molecule has 0 saturated heterocycles. The van der Waals surface area contributed by atoms with E-state index in [-0.39, 0.29) is 24.3 Å². The van der Waals surface area contributed by atoms with E-state index in [9.17, 15) is 14.9 Å². The molecule has 0 atom stereocenters. The smallest absolute Gasteiger partial charge is 0.270 e. The van der Waals surface area contributed by atoms with Crippen molar-refractivity contribution in [3.63, 3.8) is 0 Å². The minimum absolute atomic E-state index is 0.00770. The number of aliphatic hydroxyl groups is 1. The maximum Gasteiger partial charge on any atom is 0.270 e. The number of benzene rings is 1. The van der Waals surface area contributed by atoms with E-state index < -0.39 is 4.92 Å². The van der Waals surface area contributed by atoms with Crippen molar-refractivity contribution in [3.05, 3.63) is 67.6 Å². The first kappa shape index (κ1) is 14.9. The Hall–Kier alpha value is -2.47. The Morgan fingerprint density at radius 2 is 1.90 bits per heavy atom. The zero-order valence-electron chi connectivity index (χ0n) is 11.9. The molecule has 1 aromatic heterocycles. The van der Waals surface area contributed by atoms with Gasteiger partial charge in [-0.05, 0) is 31.0 Å². The van der Waals surface area contributed by atoms with Crippen LogP contribution in [0.4, 0.5) is 5.69 Å². The lowest BCUT2D eigenvalue weighted by molar-refractivity contribution is -0.384. The summed E-state index contributed by atoms with van der Waals surface area (Å²) in [7, 11) is 0. The van der Waals surface area contributed by atoms with Crippen molar-refractivity contribution in [2.75, 3.05) is 6.61 Å². The second-order valence-electron chi connectivity index (χ2n) is 4.87. The molecule has 2 rings (SSSR count). The fourth-order valence-corrected chi connectivity index (χ4v) is 2.44. The maximum absolute atomic E-state index is 12.4. The van der Waals surface area contributed by atoms with E-state index in [1.807, 2.05) is 0 Å². The van der Waals surface area contributed by atoms with Crippen LogP contribution in [0.1, 0.15) is 16.7 Å². The first-order chi connectivity index (χ1) is 9.95. The summed E-state index contributed by atoms with van der Waals surface area (Å²) in [6.45, 7) is 3.37. The minimum Gasteiger partial charge on any atom is -0.396 e. The number of pyridine rings is 1. The molecule has 110 valence electrons. The van der Waals surface area contributed by atoms with Crippen molar-refractivity contribution < 1.29 is 10.0 Å².